The van der Waals surface area contributed by atoms with Gasteiger partial charge >= 0.3 is 0 Å². The molecule has 35 heavy (non-hydrogen) atoms. The van der Waals surface area contributed by atoms with Crippen molar-refractivity contribution < 1.29 is 14.3 Å². The van der Waals surface area contributed by atoms with Crippen molar-refractivity contribution in [2.24, 2.45) is 0 Å². The summed E-state index contributed by atoms with van der Waals surface area (Å²) in [4.78, 5) is 15.5. The average Bonchev–Trinajstić information content (AvgIpc) is 3.59. The number of rotatable bonds is 5. The molecule has 4 aromatic rings. The summed E-state index contributed by atoms with van der Waals surface area (Å²) >= 11 is 1.42. The maximum absolute atomic E-state index is 13.6. The van der Waals surface area contributed by atoms with Crippen LogP contribution in [0.1, 0.15) is 19.4 Å². The van der Waals surface area contributed by atoms with Crippen molar-refractivity contribution in [3.05, 3.63) is 78.4 Å². The second-order valence-electron chi connectivity index (χ2n) is 8.70. The van der Waals surface area contributed by atoms with Gasteiger partial charge in [-0.05, 0) is 62.2 Å². The molecule has 1 aromatic heterocycles. The van der Waals surface area contributed by atoms with Crippen LogP contribution in [0.3, 0.4) is 0 Å². The number of aromatic nitrogens is 3. The van der Waals surface area contributed by atoms with Crippen LogP contribution in [0.2, 0.25) is 0 Å². The third-order valence-corrected chi connectivity index (χ3v) is 7.38. The molecule has 1 amide bonds. The highest BCUT2D eigenvalue weighted by atomic mass is 32.2. The number of nitrogens with zero attached hydrogens (tertiary/aromatic N) is 4. The van der Waals surface area contributed by atoms with Crippen molar-refractivity contribution in [3.63, 3.8) is 0 Å². The van der Waals surface area contributed by atoms with Gasteiger partial charge < -0.3 is 14.4 Å². The lowest BCUT2D eigenvalue weighted by Gasteiger charge is -2.25. The fraction of sp³-hybridized carbons (Fsp3) is 0.222. The summed E-state index contributed by atoms with van der Waals surface area (Å²) in [5.41, 5.74) is 4.00. The van der Waals surface area contributed by atoms with Gasteiger partial charge in [-0.2, -0.15) is 0 Å². The zero-order chi connectivity index (χ0) is 23.9. The van der Waals surface area contributed by atoms with E-state index >= 15 is 0 Å². The van der Waals surface area contributed by atoms with Crippen molar-refractivity contribution in [1.82, 2.24) is 14.8 Å². The molecule has 0 bridgehead atoms. The lowest BCUT2D eigenvalue weighted by Crippen LogP contribution is -2.40. The highest BCUT2D eigenvalue weighted by Crippen LogP contribution is 2.38. The largest absolute Gasteiger partial charge is 0.454 e. The number of hydrogen-bond donors (Lipinski definition) is 0. The van der Waals surface area contributed by atoms with E-state index in [0.717, 1.165) is 23.4 Å². The SMILES string of the molecule is C[C@H](Sc1nnc(-c2ccc3c(c2)OCO3)n1-c1ccccc1)C(=O)N1c2ccccc2C[C@H]1C. The van der Waals surface area contributed by atoms with Crippen LogP contribution in [-0.2, 0) is 11.2 Å². The molecule has 0 radical (unpaired) electrons. The Balaban J connectivity index is 1.35. The van der Waals surface area contributed by atoms with Crippen LogP contribution in [0.25, 0.3) is 17.1 Å². The van der Waals surface area contributed by atoms with E-state index in [0.29, 0.717) is 22.5 Å². The lowest BCUT2D eigenvalue weighted by atomic mass is 10.1. The van der Waals surface area contributed by atoms with Gasteiger partial charge in [0.25, 0.3) is 0 Å². The molecule has 0 spiro atoms. The van der Waals surface area contributed by atoms with Gasteiger partial charge in [0.05, 0.1) is 5.25 Å². The van der Waals surface area contributed by atoms with Crippen molar-refractivity contribution in [3.8, 4) is 28.6 Å². The minimum Gasteiger partial charge on any atom is -0.454 e. The molecule has 0 fully saturated rings. The summed E-state index contributed by atoms with van der Waals surface area (Å²) in [6, 6.07) is 23.9. The Morgan fingerprint density at radius 3 is 2.63 bits per heavy atom. The molecule has 7 nitrogen and oxygen atoms in total. The number of anilines is 1. The molecular formula is C27H24N4O3S. The monoisotopic (exact) mass is 484 g/mol. The molecule has 0 N–H and O–H groups in total. The number of amides is 1. The van der Waals surface area contributed by atoms with E-state index in [2.05, 4.69) is 23.2 Å². The molecule has 3 aromatic carbocycles. The highest BCUT2D eigenvalue weighted by Gasteiger charge is 2.34. The van der Waals surface area contributed by atoms with Crippen LogP contribution in [0, 0.1) is 0 Å². The second kappa shape index (κ2) is 8.78. The van der Waals surface area contributed by atoms with Gasteiger partial charge in [-0.3, -0.25) is 9.36 Å². The van der Waals surface area contributed by atoms with E-state index in [1.807, 2.05) is 83.1 Å². The first-order chi connectivity index (χ1) is 17.1. The van der Waals surface area contributed by atoms with E-state index < -0.39 is 0 Å². The van der Waals surface area contributed by atoms with Crippen molar-refractivity contribution in [2.75, 3.05) is 11.7 Å². The number of thioether (sulfide) groups is 1. The predicted molar refractivity (Wildman–Crippen MR) is 135 cm³/mol. The molecule has 0 aliphatic carbocycles. The van der Waals surface area contributed by atoms with Gasteiger partial charge in [-0.15, -0.1) is 10.2 Å². The van der Waals surface area contributed by atoms with Crippen LogP contribution >= 0.6 is 11.8 Å². The van der Waals surface area contributed by atoms with Gasteiger partial charge in [-0.25, -0.2) is 0 Å². The topological polar surface area (TPSA) is 69.5 Å². The number of para-hydroxylation sites is 2. The Morgan fingerprint density at radius 1 is 1.00 bits per heavy atom. The quantitative estimate of drug-likeness (QED) is 0.366. The van der Waals surface area contributed by atoms with Crippen LogP contribution in [0.5, 0.6) is 11.5 Å². The number of carbonyl (C=O) groups excluding carboxylic acids is 1. The van der Waals surface area contributed by atoms with Crippen molar-refractivity contribution in [1.29, 1.82) is 0 Å². The molecule has 176 valence electrons. The third-order valence-electron chi connectivity index (χ3n) is 6.35. The first-order valence-corrected chi connectivity index (χ1v) is 12.5. The molecule has 3 heterocycles. The number of benzene rings is 3. The van der Waals surface area contributed by atoms with Crippen LogP contribution in [0.4, 0.5) is 5.69 Å². The number of carbonyl (C=O) groups is 1. The van der Waals surface area contributed by atoms with E-state index in [1.165, 1.54) is 17.3 Å². The predicted octanol–water partition coefficient (Wildman–Crippen LogP) is 5.12. The summed E-state index contributed by atoms with van der Waals surface area (Å²) in [6.07, 6.45) is 0.869. The van der Waals surface area contributed by atoms with Gasteiger partial charge in [-0.1, -0.05) is 48.2 Å². The first kappa shape index (κ1) is 21.7. The second-order valence-corrected chi connectivity index (χ2v) is 10.0. The van der Waals surface area contributed by atoms with Gasteiger partial charge in [0.15, 0.2) is 22.5 Å². The highest BCUT2D eigenvalue weighted by molar-refractivity contribution is 8.00. The maximum Gasteiger partial charge on any atom is 0.240 e. The number of hydrogen-bond acceptors (Lipinski definition) is 6. The minimum absolute atomic E-state index is 0.0692. The lowest BCUT2D eigenvalue weighted by molar-refractivity contribution is -0.118. The molecular weight excluding hydrogens is 460 g/mol. The molecule has 2 atom stereocenters. The fourth-order valence-corrected chi connectivity index (χ4v) is 5.60. The normalized spacial score (nSPS) is 16.9. The molecule has 0 unspecified atom stereocenters. The van der Waals surface area contributed by atoms with Crippen LogP contribution < -0.4 is 14.4 Å². The summed E-state index contributed by atoms with van der Waals surface area (Å²) in [5.74, 6) is 2.15. The van der Waals surface area contributed by atoms with Crippen molar-refractivity contribution in [2.45, 2.75) is 36.7 Å². The molecule has 6 rings (SSSR count). The zero-order valence-corrected chi connectivity index (χ0v) is 20.2. The minimum atomic E-state index is -0.347. The van der Waals surface area contributed by atoms with Crippen LogP contribution in [-0.4, -0.2) is 38.8 Å². The summed E-state index contributed by atoms with van der Waals surface area (Å²) in [6.45, 7) is 4.24. The Bertz CT molecular complexity index is 1400. The van der Waals surface area contributed by atoms with Gasteiger partial charge in [0, 0.05) is 23.0 Å². The average molecular weight is 485 g/mol. The standard InChI is InChI=1S/C27H24N4O3S/c1-17-14-19-8-6-7-11-22(19)30(17)26(32)18(2)35-27-29-28-25(31(27)21-9-4-3-5-10-21)20-12-13-23-24(15-20)34-16-33-23/h3-13,15,17-18H,14,16H2,1-2H3/t17-,18+/m1/s1. The third kappa shape index (κ3) is 3.83. The fourth-order valence-electron chi connectivity index (χ4n) is 4.68. The Morgan fingerprint density at radius 2 is 1.77 bits per heavy atom. The van der Waals surface area contributed by atoms with Crippen molar-refractivity contribution >= 4 is 23.4 Å². The van der Waals surface area contributed by atoms with E-state index in [4.69, 9.17) is 9.47 Å². The Hall–Kier alpha value is -3.78. The number of ether oxygens (including phenoxy) is 2. The molecule has 2 aliphatic rings. The summed E-state index contributed by atoms with van der Waals surface area (Å²) in [5, 5.41) is 9.34. The Labute approximate surface area is 207 Å². The smallest absolute Gasteiger partial charge is 0.240 e. The summed E-state index contributed by atoms with van der Waals surface area (Å²) in [7, 11) is 0. The maximum atomic E-state index is 13.6. The zero-order valence-electron chi connectivity index (χ0n) is 19.4. The van der Waals surface area contributed by atoms with E-state index in [-0.39, 0.29) is 24.0 Å². The van der Waals surface area contributed by atoms with E-state index in [1.54, 1.807) is 0 Å². The summed E-state index contributed by atoms with van der Waals surface area (Å²) < 4.78 is 13.0. The number of fused-ring (bicyclic) bond motifs is 2. The molecule has 0 saturated carbocycles. The van der Waals surface area contributed by atoms with E-state index in [9.17, 15) is 4.79 Å². The Kier molecular flexibility index (Phi) is 5.45. The van der Waals surface area contributed by atoms with Crippen LogP contribution in [0.15, 0.2) is 78.0 Å². The molecule has 8 heteroatoms. The van der Waals surface area contributed by atoms with Gasteiger partial charge in [0.2, 0.25) is 12.7 Å². The first-order valence-electron chi connectivity index (χ1n) is 11.6. The molecule has 0 saturated heterocycles. The molecule has 2 aliphatic heterocycles. The van der Waals surface area contributed by atoms with Gasteiger partial charge in [0.1, 0.15) is 0 Å².